The molecule has 154 valence electrons. The first-order valence-electron chi connectivity index (χ1n) is 10.3. The van der Waals surface area contributed by atoms with Gasteiger partial charge >= 0.3 is 0 Å². The fraction of sp³-hybridized carbons (Fsp3) is 0.609. The molecule has 3 rings (SSSR count). The van der Waals surface area contributed by atoms with Crippen molar-refractivity contribution in [1.82, 2.24) is 9.88 Å². The van der Waals surface area contributed by atoms with Gasteiger partial charge in [-0.15, -0.1) is 11.3 Å². The number of hydrogen-bond donors (Lipinski definition) is 1. The van der Waals surface area contributed by atoms with Crippen LogP contribution in [0.5, 0.6) is 0 Å². The van der Waals surface area contributed by atoms with Crippen LogP contribution >= 0.6 is 11.3 Å². The molecule has 2 atom stereocenters. The second-order valence-corrected chi connectivity index (χ2v) is 9.52. The third-order valence-corrected chi connectivity index (χ3v) is 7.40. The molecule has 5 heteroatoms. The molecule has 1 saturated heterocycles. The Morgan fingerprint density at radius 2 is 2.18 bits per heavy atom. The van der Waals surface area contributed by atoms with E-state index in [1.165, 1.54) is 10.4 Å². The van der Waals surface area contributed by atoms with Crippen LogP contribution in [0.1, 0.15) is 49.7 Å². The molecule has 4 nitrogen and oxygen atoms in total. The van der Waals surface area contributed by atoms with Crippen molar-refractivity contribution in [2.75, 3.05) is 26.3 Å². The van der Waals surface area contributed by atoms with E-state index in [9.17, 15) is 5.11 Å². The van der Waals surface area contributed by atoms with Crippen molar-refractivity contribution >= 4 is 11.3 Å². The van der Waals surface area contributed by atoms with Crippen molar-refractivity contribution in [1.29, 1.82) is 0 Å². The van der Waals surface area contributed by atoms with Gasteiger partial charge in [-0.1, -0.05) is 12.1 Å². The van der Waals surface area contributed by atoms with Crippen LogP contribution in [0.2, 0.25) is 0 Å². The molecule has 0 spiro atoms. The van der Waals surface area contributed by atoms with Crippen LogP contribution in [-0.2, 0) is 16.7 Å². The Hall–Kier alpha value is -1.27. The van der Waals surface area contributed by atoms with Crippen molar-refractivity contribution in [2.24, 2.45) is 5.41 Å². The number of aliphatic hydroxyl groups is 1. The molecule has 0 bridgehead atoms. The lowest BCUT2D eigenvalue weighted by Gasteiger charge is -2.40. The lowest BCUT2D eigenvalue weighted by atomic mass is 9.76. The summed E-state index contributed by atoms with van der Waals surface area (Å²) in [6.07, 6.45) is 5.02. The predicted octanol–water partition coefficient (Wildman–Crippen LogP) is 4.41. The molecule has 1 N–H and O–H groups in total. The van der Waals surface area contributed by atoms with E-state index in [-0.39, 0.29) is 23.7 Å². The summed E-state index contributed by atoms with van der Waals surface area (Å²) in [6.45, 7) is 11.3. The van der Waals surface area contributed by atoms with Gasteiger partial charge in [-0.05, 0) is 76.6 Å². The van der Waals surface area contributed by atoms with E-state index < -0.39 is 0 Å². The number of thiophene rings is 1. The number of aromatic nitrogens is 1. The Balaban J connectivity index is 1.82. The predicted molar refractivity (Wildman–Crippen MR) is 116 cm³/mol. The Labute approximate surface area is 173 Å². The van der Waals surface area contributed by atoms with E-state index >= 15 is 0 Å². The van der Waals surface area contributed by atoms with Gasteiger partial charge in [0.25, 0.3) is 0 Å². The Kier molecular flexibility index (Phi) is 6.92. The minimum atomic E-state index is -0.116. The zero-order valence-electron chi connectivity index (χ0n) is 17.6. The highest BCUT2D eigenvalue weighted by atomic mass is 32.1. The molecule has 0 aromatic carbocycles. The minimum absolute atomic E-state index is 0.0237. The van der Waals surface area contributed by atoms with Crippen molar-refractivity contribution < 1.29 is 9.84 Å². The third-order valence-electron chi connectivity index (χ3n) is 6.46. The van der Waals surface area contributed by atoms with Gasteiger partial charge in [-0.25, -0.2) is 0 Å². The first kappa shape index (κ1) is 21.4. The van der Waals surface area contributed by atoms with Crippen LogP contribution in [0, 0.1) is 12.3 Å². The first-order chi connectivity index (χ1) is 13.4. The highest BCUT2D eigenvalue weighted by Gasteiger charge is 2.48. The Morgan fingerprint density at radius 3 is 2.79 bits per heavy atom. The highest BCUT2D eigenvalue weighted by molar-refractivity contribution is 7.09. The summed E-state index contributed by atoms with van der Waals surface area (Å²) in [4.78, 5) is 8.48. The molecule has 2 aromatic rings. The van der Waals surface area contributed by atoms with E-state index in [1.54, 1.807) is 0 Å². The summed E-state index contributed by atoms with van der Waals surface area (Å²) in [5.41, 5.74) is 2.16. The molecule has 28 heavy (non-hydrogen) atoms. The molecule has 2 aromatic heterocycles. The number of pyridine rings is 1. The Morgan fingerprint density at radius 1 is 1.36 bits per heavy atom. The van der Waals surface area contributed by atoms with Crippen LogP contribution in [0.25, 0.3) is 0 Å². The molecule has 0 saturated carbocycles. The van der Waals surface area contributed by atoms with Crippen LogP contribution in [0.4, 0.5) is 0 Å². The van der Waals surface area contributed by atoms with Gasteiger partial charge in [0, 0.05) is 40.9 Å². The number of nitrogens with zero attached hydrogens (tertiary/aromatic N) is 2. The number of aryl methyl sites for hydroxylation is 2. The molecule has 0 aliphatic carbocycles. The van der Waals surface area contributed by atoms with Gasteiger partial charge in [0.1, 0.15) is 0 Å². The zero-order chi connectivity index (χ0) is 20.2. The summed E-state index contributed by atoms with van der Waals surface area (Å²) < 4.78 is 6.05. The largest absolute Gasteiger partial charge is 0.394 e. The molecule has 0 radical (unpaired) electrons. The van der Waals surface area contributed by atoms with Gasteiger partial charge in [0.05, 0.1) is 12.7 Å². The number of hydrogen-bond acceptors (Lipinski definition) is 5. The number of aliphatic hydroxyl groups excluding tert-OH is 1. The maximum atomic E-state index is 10.1. The highest BCUT2D eigenvalue weighted by Crippen LogP contribution is 2.44. The van der Waals surface area contributed by atoms with Crippen LogP contribution in [0.3, 0.4) is 0 Å². The topological polar surface area (TPSA) is 45.6 Å². The van der Waals surface area contributed by atoms with Gasteiger partial charge in [-0.2, -0.15) is 0 Å². The number of ether oxygens (including phenoxy) is 1. The summed E-state index contributed by atoms with van der Waals surface area (Å²) in [5, 5.41) is 12.3. The second kappa shape index (κ2) is 9.04. The average molecular weight is 403 g/mol. The number of rotatable bonds is 9. The summed E-state index contributed by atoms with van der Waals surface area (Å²) in [5.74, 6) is 0. The van der Waals surface area contributed by atoms with Gasteiger partial charge in [0.2, 0.25) is 0 Å². The quantitative estimate of drug-likeness (QED) is 0.675. The van der Waals surface area contributed by atoms with Crippen molar-refractivity contribution in [3.8, 4) is 0 Å². The Bertz CT molecular complexity index is 730. The molecule has 1 unspecified atom stereocenters. The third kappa shape index (κ3) is 4.48. The van der Waals surface area contributed by atoms with Crippen LogP contribution in [0.15, 0.2) is 35.8 Å². The molecule has 3 heterocycles. The van der Waals surface area contributed by atoms with E-state index in [4.69, 9.17) is 4.74 Å². The van der Waals surface area contributed by atoms with Gasteiger partial charge in [0.15, 0.2) is 0 Å². The smallest absolute Gasteiger partial charge is 0.0874 e. The monoisotopic (exact) mass is 402 g/mol. The maximum absolute atomic E-state index is 10.1. The van der Waals surface area contributed by atoms with Crippen LogP contribution in [-0.4, -0.2) is 47.4 Å². The molecule has 1 aliphatic rings. The van der Waals surface area contributed by atoms with Gasteiger partial charge in [-0.3, -0.25) is 9.88 Å². The lowest BCUT2D eigenvalue weighted by molar-refractivity contribution is -0.0684. The van der Waals surface area contributed by atoms with E-state index in [0.29, 0.717) is 6.61 Å². The second-order valence-electron chi connectivity index (χ2n) is 8.49. The van der Waals surface area contributed by atoms with E-state index in [2.05, 4.69) is 53.4 Å². The zero-order valence-corrected chi connectivity index (χ0v) is 18.5. The average Bonchev–Trinajstić information content (AvgIpc) is 3.35. The molecular formula is C23H34N2O2S. The van der Waals surface area contributed by atoms with Crippen LogP contribution < -0.4 is 0 Å². The normalized spacial score (nSPS) is 21.9. The SMILES string of the molecule is CCO[C@@H](CO)C1(CCc2cccs2)CCN(C(C)(C)c2ccc(C)nc2)C1. The van der Waals surface area contributed by atoms with E-state index in [0.717, 1.165) is 38.0 Å². The first-order valence-corrected chi connectivity index (χ1v) is 11.2. The summed E-state index contributed by atoms with van der Waals surface area (Å²) in [7, 11) is 0. The van der Waals surface area contributed by atoms with Crippen molar-refractivity contribution in [3.05, 3.63) is 52.0 Å². The lowest BCUT2D eigenvalue weighted by Crippen LogP contribution is -2.46. The molecule has 1 aliphatic heterocycles. The fourth-order valence-corrected chi connectivity index (χ4v) is 5.17. The molecule has 1 fully saturated rings. The summed E-state index contributed by atoms with van der Waals surface area (Å²) >= 11 is 1.82. The molecule has 0 amide bonds. The maximum Gasteiger partial charge on any atom is 0.0874 e. The minimum Gasteiger partial charge on any atom is -0.394 e. The van der Waals surface area contributed by atoms with E-state index in [1.807, 2.05) is 31.4 Å². The fourth-order valence-electron chi connectivity index (χ4n) is 4.46. The number of likely N-dealkylation sites (tertiary alicyclic amines) is 1. The standard InChI is InChI=1S/C23H34N2O2S/c1-5-27-21(16-26)23(11-10-20-7-6-14-28-20)12-13-25(17-23)22(3,4)19-9-8-18(2)24-15-19/h6-9,14-15,21,26H,5,10-13,16-17H2,1-4H3/t21-,23?/m0/s1. The van der Waals surface area contributed by atoms with Crippen molar-refractivity contribution in [2.45, 2.75) is 58.6 Å². The van der Waals surface area contributed by atoms with Gasteiger partial charge < -0.3 is 9.84 Å². The molecular weight excluding hydrogens is 368 g/mol. The summed E-state index contributed by atoms with van der Waals surface area (Å²) in [6, 6.07) is 8.61. The van der Waals surface area contributed by atoms with Crippen molar-refractivity contribution in [3.63, 3.8) is 0 Å².